The first-order valence-corrected chi connectivity index (χ1v) is 12.4. The molecule has 37 heavy (non-hydrogen) atoms. The number of ether oxygens (including phenoxy) is 3. The molecule has 204 valence electrons. The molecule has 1 heterocycles. The molecule has 10 nitrogen and oxygen atoms in total. The number of nitrogens with zero attached hydrogens (tertiary/aromatic N) is 2. The normalized spacial score (nSPS) is 22.4. The van der Waals surface area contributed by atoms with E-state index in [0.29, 0.717) is 5.75 Å². The van der Waals surface area contributed by atoms with Crippen LogP contribution in [0.15, 0.2) is 36.4 Å². The Labute approximate surface area is 218 Å². The molecule has 0 unspecified atom stereocenters. The van der Waals surface area contributed by atoms with Gasteiger partial charge in [-0.1, -0.05) is 39.8 Å². The first kappa shape index (κ1) is 29.7. The number of hydrogen-bond acceptors (Lipinski definition) is 7. The lowest BCUT2D eigenvalue weighted by Gasteiger charge is -2.42. The maximum absolute atomic E-state index is 14.3. The number of nitrogens with one attached hydrogen (secondary N) is 1. The van der Waals surface area contributed by atoms with Gasteiger partial charge in [0.1, 0.15) is 37.6 Å². The third kappa shape index (κ3) is 7.71. The summed E-state index contributed by atoms with van der Waals surface area (Å²) in [5.74, 6) is -1.53. The molecule has 0 saturated carbocycles. The summed E-state index contributed by atoms with van der Waals surface area (Å²) in [7, 11) is 3.06. The van der Waals surface area contributed by atoms with Crippen molar-refractivity contribution in [2.45, 2.75) is 52.7 Å². The van der Waals surface area contributed by atoms with E-state index in [0.717, 1.165) is 5.56 Å². The predicted molar refractivity (Wildman–Crippen MR) is 138 cm³/mol. The average molecular weight is 518 g/mol. The average Bonchev–Trinajstić information content (AvgIpc) is 2.86. The third-order valence-corrected chi connectivity index (χ3v) is 6.25. The number of amides is 3. The van der Waals surface area contributed by atoms with Gasteiger partial charge in [-0.05, 0) is 48.6 Å². The maximum Gasteiger partial charge on any atom is 0.410 e. The van der Waals surface area contributed by atoms with Gasteiger partial charge < -0.3 is 24.4 Å². The van der Waals surface area contributed by atoms with E-state index in [2.05, 4.69) is 5.32 Å². The number of likely N-dealkylation sites (N-methyl/N-ethyl adjacent to an activating group) is 1. The monoisotopic (exact) mass is 517 g/mol. The molecule has 3 atom stereocenters. The summed E-state index contributed by atoms with van der Waals surface area (Å²) in [6.45, 7) is 8.73. The van der Waals surface area contributed by atoms with Crippen LogP contribution in [-0.4, -0.2) is 79.7 Å². The molecular weight excluding hydrogens is 478 g/mol. The van der Waals surface area contributed by atoms with Crippen molar-refractivity contribution in [3.05, 3.63) is 42.0 Å². The molecule has 1 aromatic rings. The van der Waals surface area contributed by atoms with Crippen LogP contribution in [0.3, 0.4) is 0 Å². The van der Waals surface area contributed by atoms with Crippen molar-refractivity contribution in [2.24, 2.45) is 11.8 Å². The van der Waals surface area contributed by atoms with E-state index in [1.54, 1.807) is 31.4 Å². The van der Waals surface area contributed by atoms with Crippen LogP contribution in [0.25, 0.3) is 0 Å². The Balaban J connectivity index is 2.63. The van der Waals surface area contributed by atoms with E-state index in [4.69, 9.17) is 14.2 Å². The lowest BCUT2D eigenvalue weighted by Crippen LogP contribution is -2.59. The van der Waals surface area contributed by atoms with E-state index in [9.17, 15) is 19.2 Å². The summed E-state index contributed by atoms with van der Waals surface area (Å²) in [6, 6.07) is 4.83. The molecule has 1 N–H and O–H groups in total. The lowest BCUT2D eigenvalue weighted by molar-refractivity contribution is -0.150. The molecule has 0 fully saturated rings. The zero-order valence-electron chi connectivity index (χ0n) is 22.7. The summed E-state index contributed by atoms with van der Waals surface area (Å²) < 4.78 is 15.8. The van der Waals surface area contributed by atoms with Crippen LogP contribution in [0.1, 0.15) is 46.2 Å². The van der Waals surface area contributed by atoms with Crippen LogP contribution < -0.4 is 10.1 Å². The van der Waals surface area contributed by atoms with Crippen LogP contribution >= 0.6 is 0 Å². The van der Waals surface area contributed by atoms with Gasteiger partial charge in [0.15, 0.2) is 0 Å². The van der Waals surface area contributed by atoms with Gasteiger partial charge in [0, 0.05) is 7.05 Å². The number of hydrogen-bond donors (Lipinski definition) is 1. The Bertz CT molecular complexity index is 992. The predicted octanol–water partition coefficient (Wildman–Crippen LogP) is 2.93. The molecule has 0 spiro atoms. The fourth-order valence-corrected chi connectivity index (χ4v) is 4.36. The Morgan fingerprint density at radius 1 is 0.946 bits per heavy atom. The van der Waals surface area contributed by atoms with Crippen molar-refractivity contribution in [1.29, 1.82) is 0 Å². The third-order valence-electron chi connectivity index (χ3n) is 6.25. The minimum absolute atomic E-state index is 0.0260. The van der Waals surface area contributed by atoms with Gasteiger partial charge in [-0.25, -0.2) is 4.79 Å². The van der Waals surface area contributed by atoms with Gasteiger partial charge in [0.05, 0.1) is 13.2 Å². The van der Waals surface area contributed by atoms with Crippen LogP contribution in [0.2, 0.25) is 0 Å². The fraction of sp³-hybridized carbons (Fsp3) is 0.556. The minimum Gasteiger partial charge on any atom is -0.497 e. The molecule has 1 aromatic carbocycles. The Hall–Kier alpha value is -3.56. The van der Waals surface area contributed by atoms with Gasteiger partial charge in [0.25, 0.3) is 0 Å². The van der Waals surface area contributed by atoms with Crippen molar-refractivity contribution in [2.75, 3.05) is 33.9 Å². The zero-order chi connectivity index (χ0) is 27.7. The molecule has 10 heteroatoms. The Kier molecular flexibility index (Phi) is 11.0. The van der Waals surface area contributed by atoms with Crippen molar-refractivity contribution >= 4 is 23.9 Å². The Morgan fingerprint density at radius 3 is 2.16 bits per heavy atom. The van der Waals surface area contributed by atoms with E-state index in [1.807, 2.05) is 46.8 Å². The molecular formula is C27H39N3O7. The summed E-state index contributed by atoms with van der Waals surface area (Å²) in [6.07, 6.45) is 2.40. The topological polar surface area (TPSA) is 114 Å². The largest absolute Gasteiger partial charge is 0.497 e. The molecule has 1 aliphatic rings. The molecule has 0 bridgehead atoms. The second-order valence-electron chi connectivity index (χ2n) is 9.64. The molecule has 0 aliphatic carbocycles. The highest BCUT2D eigenvalue weighted by atomic mass is 16.6. The summed E-state index contributed by atoms with van der Waals surface area (Å²) >= 11 is 0. The SMILES string of the molecule is COc1cccc([C@H](C)N2C(=O)[C@H](C(C)C)N(C)C(=O)OC/C=C/COC(=O)CNC(=O)[C@@H]2C(C)C)c1. The van der Waals surface area contributed by atoms with Crippen molar-refractivity contribution in [3.8, 4) is 5.75 Å². The quantitative estimate of drug-likeness (QED) is 0.472. The van der Waals surface area contributed by atoms with Gasteiger partial charge in [-0.15, -0.1) is 0 Å². The van der Waals surface area contributed by atoms with Crippen LogP contribution in [0, 0.1) is 11.8 Å². The van der Waals surface area contributed by atoms with Crippen molar-refractivity contribution < 1.29 is 33.4 Å². The highest BCUT2D eigenvalue weighted by Crippen LogP contribution is 2.31. The molecule has 1 aliphatic heterocycles. The highest BCUT2D eigenvalue weighted by molar-refractivity contribution is 5.93. The smallest absolute Gasteiger partial charge is 0.410 e. The number of esters is 1. The van der Waals surface area contributed by atoms with Gasteiger partial charge in [-0.3, -0.25) is 19.3 Å². The van der Waals surface area contributed by atoms with E-state index < -0.39 is 42.0 Å². The second-order valence-corrected chi connectivity index (χ2v) is 9.64. The standard InChI is InChI=1S/C27H39N3O7/c1-17(2)23-25(32)28-16-22(31)36-13-8-9-14-37-27(34)29(6)24(18(3)4)26(33)30(23)19(5)20-11-10-12-21(15-20)35-7/h8-12,15,17-19,23-24H,13-14,16H2,1-7H3,(H,28,32)/b9-8+/t19-,23-,24-/m0/s1. The van der Waals surface area contributed by atoms with Gasteiger partial charge in [-0.2, -0.15) is 0 Å². The summed E-state index contributed by atoms with van der Waals surface area (Å²) in [5.41, 5.74) is 0.748. The number of cyclic esters (lactones) is 2. The van der Waals surface area contributed by atoms with Gasteiger partial charge >= 0.3 is 12.1 Å². The molecule has 0 aromatic heterocycles. The van der Waals surface area contributed by atoms with Crippen LogP contribution in [0.4, 0.5) is 4.79 Å². The van der Waals surface area contributed by atoms with Crippen LogP contribution in [0.5, 0.6) is 5.75 Å². The maximum atomic E-state index is 14.3. The van der Waals surface area contributed by atoms with E-state index in [1.165, 1.54) is 16.8 Å². The molecule has 0 saturated heterocycles. The van der Waals surface area contributed by atoms with E-state index in [-0.39, 0.29) is 31.6 Å². The zero-order valence-corrected chi connectivity index (χ0v) is 22.7. The first-order valence-electron chi connectivity index (χ1n) is 12.4. The van der Waals surface area contributed by atoms with E-state index >= 15 is 0 Å². The fourth-order valence-electron chi connectivity index (χ4n) is 4.36. The highest BCUT2D eigenvalue weighted by Gasteiger charge is 2.42. The Morgan fingerprint density at radius 2 is 1.57 bits per heavy atom. The lowest BCUT2D eigenvalue weighted by atomic mass is 9.93. The van der Waals surface area contributed by atoms with Crippen molar-refractivity contribution in [3.63, 3.8) is 0 Å². The minimum atomic E-state index is -0.944. The van der Waals surface area contributed by atoms with Gasteiger partial charge in [0.2, 0.25) is 11.8 Å². The first-order chi connectivity index (χ1) is 17.5. The summed E-state index contributed by atoms with van der Waals surface area (Å²) in [4.78, 5) is 55.5. The second kappa shape index (κ2) is 13.7. The van der Waals surface area contributed by atoms with Crippen molar-refractivity contribution in [1.82, 2.24) is 15.1 Å². The molecule has 2 rings (SSSR count). The summed E-state index contributed by atoms with van der Waals surface area (Å²) in [5, 5.41) is 2.63. The van der Waals surface area contributed by atoms with Crippen LogP contribution in [-0.2, 0) is 23.9 Å². The number of benzene rings is 1. The molecule has 3 amide bonds. The number of carbonyl (C=O) groups is 4. The number of carbonyl (C=O) groups excluding carboxylic acids is 4. The number of rotatable bonds is 5. The molecule has 0 radical (unpaired) electrons. The number of methoxy groups -OCH3 is 1.